The van der Waals surface area contributed by atoms with E-state index in [1.807, 2.05) is 30.3 Å². The van der Waals surface area contributed by atoms with Crippen LogP contribution in [0.25, 0.3) is 0 Å². The number of amides is 2. The van der Waals surface area contributed by atoms with Gasteiger partial charge < -0.3 is 10.2 Å². The van der Waals surface area contributed by atoms with Crippen LogP contribution in [-0.4, -0.2) is 44.8 Å². The van der Waals surface area contributed by atoms with Crippen LogP contribution in [0.3, 0.4) is 0 Å². The van der Waals surface area contributed by atoms with Gasteiger partial charge in [-0.2, -0.15) is 0 Å². The monoisotopic (exact) mass is 547 g/mol. The summed E-state index contributed by atoms with van der Waals surface area (Å²) in [7, 11) is -2.68. The third kappa shape index (κ3) is 6.57. The van der Waals surface area contributed by atoms with E-state index in [0.717, 1.165) is 9.87 Å². The second-order valence-electron chi connectivity index (χ2n) is 8.00. The minimum atomic E-state index is -4.18. The van der Waals surface area contributed by atoms with Crippen LogP contribution in [0.15, 0.2) is 83.8 Å². The molecule has 1 N–H and O–H groups in total. The zero-order valence-electron chi connectivity index (χ0n) is 19.9. The summed E-state index contributed by atoms with van der Waals surface area (Å²) < 4.78 is 28.4. The highest BCUT2D eigenvalue weighted by Crippen LogP contribution is 2.30. The highest BCUT2D eigenvalue weighted by atomic mass is 35.5. The zero-order chi connectivity index (χ0) is 26.3. The minimum Gasteiger partial charge on any atom is -0.357 e. The van der Waals surface area contributed by atoms with Crippen molar-refractivity contribution in [2.45, 2.75) is 30.8 Å². The lowest BCUT2D eigenvalue weighted by atomic mass is 10.1. The Labute approximate surface area is 221 Å². The number of likely N-dealkylation sites (N-methyl/N-ethyl adjacent to an activating group) is 1. The van der Waals surface area contributed by atoms with Crippen molar-refractivity contribution in [2.75, 3.05) is 17.9 Å². The van der Waals surface area contributed by atoms with Gasteiger partial charge in [0, 0.05) is 23.6 Å². The lowest BCUT2D eigenvalue weighted by Crippen LogP contribution is -2.51. The van der Waals surface area contributed by atoms with Gasteiger partial charge in [0.15, 0.2) is 0 Å². The van der Waals surface area contributed by atoms with E-state index in [1.165, 1.54) is 42.3 Å². The second kappa shape index (κ2) is 12.3. The van der Waals surface area contributed by atoms with E-state index in [9.17, 15) is 18.0 Å². The van der Waals surface area contributed by atoms with Gasteiger partial charge in [0.2, 0.25) is 11.8 Å². The molecule has 0 spiro atoms. The van der Waals surface area contributed by atoms with E-state index in [2.05, 4.69) is 5.32 Å². The van der Waals surface area contributed by atoms with Crippen LogP contribution in [0.5, 0.6) is 0 Å². The molecule has 0 fully saturated rings. The molecule has 0 heterocycles. The molecule has 0 aliphatic heterocycles. The molecule has 1 unspecified atom stereocenters. The van der Waals surface area contributed by atoms with Crippen LogP contribution in [-0.2, 0) is 26.2 Å². The number of nitrogens with zero attached hydrogens (tertiary/aromatic N) is 2. The molecule has 0 aliphatic carbocycles. The van der Waals surface area contributed by atoms with Gasteiger partial charge in [-0.05, 0) is 42.3 Å². The largest absolute Gasteiger partial charge is 0.357 e. The van der Waals surface area contributed by atoms with Gasteiger partial charge in [-0.25, -0.2) is 8.42 Å². The molecule has 190 valence electrons. The standard InChI is InChI=1S/C26H27Cl2N3O4S/c1-3-24(26(33)29-2)30(17-19-10-6-4-7-11-19)25(32)18-31(22-15-20(27)14-21(28)16-22)36(34,35)23-12-8-5-9-13-23/h4-16,24H,3,17-18H2,1-2H3,(H,29,33). The smallest absolute Gasteiger partial charge is 0.264 e. The molecule has 0 aliphatic rings. The number of benzene rings is 3. The van der Waals surface area contributed by atoms with Gasteiger partial charge in [-0.15, -0.1) is 0 Å². The molecule has 2 amide bonds. The molecule has 36 heavy (non-hydrogen) atoms. The Kier molecular flexibility index (Phi) is 9.37. The summed E-state index contributed by atoms with van der Waals surface area (Å²) in [6.07, 6.45) is 0.340. The summed E-state index contributed by atoms with van der Waals surface area (Å²) in [6.45, 7) is 1.36. The average Bonchev–Trinajstić information content (AvgIpc) is 2.87. The quantitative estimate of drug-likeness (QED) is 0.397. The molecule has 10 heteroatoms. The Morgan fingerprint density at radius 3 is 2.00 bits per heavy atom. The van der Waals surface area contributed by atoms with E-state index in [4.69, 9.17) is 23.2 Å². The lowest BCUT2D eigenvalue weighted by molar-refractivity contribution is -0.140. The fourth-order valence-electron chi connectivity index (χ4n) is 3.80. The number of hydrogen-bond acceptors (Lipinski definition) is 4. The Hall–Kier alpha value is -3.07. The van der Waals surface area contributed by atoms with Crippen LogP contribution in [0.2, 0.25) is 10.0 Å². The molecule has 0 saturated carbocycles. The zero-order valence-corrected chi connectivity index (χ0v) is 22.2. The average molecular weight is 548 g/mol. The minimum absolute atomic E-state index is 0.00171. The number of carbonyl (C=O) groups is 2. The molecule has 0 aromatic heterocycles. The summed E-state index contributed by atoms with van der Waals surface area (Å²) in [6, 6.07) is 20.5. The Morgan fingerprint density at radius 2 is 1.47 bits per heavy atom. The van der Waals surface area contributed by atoms with E-state index >= 15 is 0 Å². The third-order valence-corrected chi connectivity index (χ3v) is 7.80. The van der Waals surface area contributed by atoms with Crippen LogP contribution < -0.4 is 9.62 Å². The lowest BCUT2D eigenvalue weighted by Gasteiger charge is -2.33. The van der Waals surface area contributed by atoms with Crippen LogP contribution >= 0.6 is 23.2 Å². The Bertz CT molecular complexity index is 1290. The fraction of sp³-hybridized carbons (Fsp3) is 0.231. The molecule has 0 radical (unpaired) electrons. The molecule has 3 aromatic rings. The summed E-state index contributed by atoms with van der Waals surface area (Å²) in [5, 5.41) is 3.03. The number of halogens is 2. The van der Waals surface area contributed by atoms with Crippen molar-refractivity contribution in [3.05, 3.63) is 94.5 Å². The summed E-state index contributed by atoms with van der Waals surface area (Å²) >= 11 is 12.4. The molecule has 3 aromatic carbocycles. The maximum absolute atomic E-state index is 13.8. The van der Waals surface area contributed by atoms with Crippen LogP contribution in [0.4, 0.5) is 5.69 Å². The van der Waals surface area contributed by atoms with Crippen molar-refractivity contribution in [1.82, 2.24) is 10.2 Å². The number of hydrogen-bond donors (Lipinski definition) is 1. The number of sulfonamides is 1. The first-order valence-electron chi connectivity index (χ1n) is 11.3. The van der Waals surface area contributed by atoms with E-state index in [1.54, 1.807) is 25.1 Å². The van der Waals surface area contributed by atoms with Crippen molar-refractivity contribution in [2.24, 2.45) is 0 Å². The maximum atomic E-state index is 13.8. The SMILES string of the molecule is CCC(C(=O)NC)N(Cc1ccccc1)C(=O)CN(c1cc(Cl)cc(Cl)c1)S(=O)(=O)c1ccccc1. The van der Waals surface area contributed by atoms with E-state index in [-0.39, 0.29) is 33.1 Å². The van der Waals surface area contributed by atoms with Gasteiger partial charge in [0.05, 0.1) is 10.6 Å². The van der Waals surface area contributed by atoms with Crippen LogP contribution in [0.1, 0.15) is 18.9 Å². The number of anilines is 1. The van der Waals surface area contributed by atoms with Crippen molar-refractivity contribution in [3.63, 3.8) is 0 Å². The summed E-state index contributed by atoms with van der Waals surface area (Å²) in [5.74, 6) is -0.894. The summed E-state index contributed by atoms with van der Waals surface area (Å²) in [4.78, 5) is 27.8. The van der Waals surface area contributed by atoms with Gasteiger partial charge in [-0.1, -0.05) is 78.7 Å². The fourth-order valence-corrected chi connectivity index (χ4v) is 5.73. The predicted octanol–water partition coefficient (Wildman–Crippen LogP) is 4.74. The highest BCUT2D eigenvalue weighted by molar-refractivity contribution is 7.92. The number of rotatable bonds is 10. The van der Waals surface area contributed by atoms with Crippen molar-refractivity contribution >= 4 is 50.7 Å². The molecule has 7 nitrogen and oxygen atoms in total. The molecule has 0 bridgehead atoms. The maximum Gasteiger partial charge on any atom is 0.264 e. The van der Waals surface area contributed by atoms with Crippen LogP contribution in [0, 0.1) is 0 Å². The van der Waals surface area contributed by atoms with Gasteiger partial charge in [0.1, 0.15) is 12.6 Å². The Balaban J connectivity index is 2.07. The topological polar surface area (TPSA) is 86.8 Å². The highest BCUT2D eigenvalue weighted by Gasteiger charge is 2.33. The molecular weight excluding hydrogens is 521 g/mol. The van der Waals surface area contributed by atoms with Crippen molar-refractivity contribution < 1.29 is 18.0 Å². The number of carbonyl (C=O) groups excluding carboxylic acids is 2. The molecule has 1 atom stereocenters. The van der Waals surface area contributed by atoms with E-state index < -0.39 is 28.5 Å². The molecule has 3 rings (SSSR count). The normalized spacial score (nSPS) is 12.0. The first-order valence-corrected chi connectivity index (χ1v) is 13.5. The predicted molar refractivity (Wildman–Crippen MR) is 143 cm³/mol. The molecule has 0 saturated heterocycles. The first kappa shape index (κ1) is 27.5. The van der Waals surface area contributed by atoms with Crippen molar-refractivity contribution in [1.29, 1.82) is 0 Å². The Morgan fingerprint density at radius 1 is 0.917 bits per heavy atom. The first-order chi connectivity index (χ1) is 17.2. The van der Waals surface area contributed by atoms with Gasteiger partial charge in [0.25, 0.3) is 10.0 Å². The van der Waals surface area contributed by atoms with Crippen molar-refractivity contribution in [3.8, 4) is 0 Å². The number of nitrogens with one attached hydrogen (secondary N) is 1. The second-order valence-corrected chi connectivity index (χ2v) is 10.7. The van der Waals surface area contributed by atoms with Gasteiger partial charge >= 0.3 is 0 Å². The third-order valence-electron chi connectivity index (χ3n) is 5.57. The van der Waals surface area contributed by atoms with E-state index in [0.29, 0.717) is 6.42 Å². The molecular formula is C26H27Cl2N3O4S. The van der Waals surface area contributed by atoms with Gasteiger partial charge in [-0.3, -0.25) is 13.9 Å². The summed E-state index contributed by atoms with van der Waals surface area (Å²) in [5.41, 5.74) is 0.939.